The summed E-state index contributed by atoms with van der Waals surface area (Å²) in [5.41, 5.74) is 2.71. The molecule has 0 amide bonds. The van der Waals surface area contributed by atoms with E-state index in [0.717, 1.165) is 31.0 Å². The molecule has 4 bridgehead atoms. The maximum absolute atomic E-state index is 6.08. The van der Waals surface area contributed by atoms with Gasteiger partial charge in [-0.05, 0) is 5.56 Å². The molecule has 0 spiro atoms. The summed E-state index contributed by atoms with van der Waals surface area (Å²) < 4.78 is 1.15. The standard InChI is InChI=1S/C14H20ClN4.ClH/c15-5-13-3-1-2-4-14(13)6-19-10-16-7-17(11-19)9-18(8-16)12-19;/h1-4H,5-12H2;1H/q+1;/p-1. The van der Waals surface area contributed by atoms with Crippen LogP contribution in [0.5, 0.6) is 0 Å². The summed E-state index contributed by atoms with van der Waals surface area (Å²) in [6.07, 6.45) is 0. The minimum Gasteiger partial charge on any atom is -1.00 e. The van der Waals surface area contributed by atoms with Gasteiger partial charge in [-0.3, -0.25) is 4.48 Å². The predicted molar refractivity (Wildman–Crippen MR) is 74.7 cm³/mol. The van der Waals surface area contributed by atoms with Gasteiger partial charge in [-0.25, -0.2) is 14.7 Å². The first kappa shape index (κ1) is 14.6. The minimum absolute atomic E-state index is 0. The zero-order valence-corrected chi connectivity index (χ0v) is 13.0. The van der Waals surface area contributed by atoms with Gasteiger partial charge in [0.25, 0.3) is 0 Å². The monoisotopic (exact) mass is 314 g/mol. The Bertz CT molecular complexity index is 459. The molecule has 6 heteroatoms. The second-order valence-corrected chi connectivity index (χ2v) is 6.53. The van der Waals surface area contributed by atoms with E-state index >= 15 is 0 Å². The highest BCUT2D eigenvalue weighted by Gasteiger charge is 2.48. The molecular weight excluding hydrogens is 295 g/mol. The lowest BCUT2D eigenvalue weighted by molar-refractivity contribution is -0.991. The fraction of sp³-hybridized carbons (Fsp3) is 0.571. The van der Waals surface area contributed by atoms with Crippen molar-refractivity contribution in [3.8, 4) is 0 Å². The van der Waals surface area contributed by atoms with Crippen molar-refractivity contribution >= 4 is 11.6 Å². The molecule has 110 valence electrons. The van der Waals surface area contributed by atoms with Crippen LogP contribution in [-0.4, -0.2) is 59.2 Å². The van der Waals surface area contributed by atoms with Crippen LogP contribution in [0.15, 0.2) is 24.3 Å². The maximum Gasteiger partial charge on any atom is 0.139 e. The Balaban J connectivity index is 0.00000121. The van der Waals surface area contributed by atoms with Crippen molar-refractivity contribution in [2.75, 3.05) is 40.0 Å². The smallest absolute Gasteiger partial charge is 0.139 e. The average Bonchev–Trinajstić information content (AvgIpc) is 2.37. The van der Waals surface area contributed by atoms with Crippen molar-refractivity contribution in [2.24, 2.45) is 0 Å². The fourth-order valence-corrected chi connectivity index (χ4v) is 4.27. The molecule has 4 heterocycles. The van der Waals surface area contributed by atoms with Gasteiger partial charge in [0.15, 0.2) is 0 Å². The summed E-state index contributed by atoms with van der Waals surface area (Å²) in [4.78, 5) is 7.67. The quantitative estimate of drug-likeness (QED) is 0.493. The van der Waals surface area contributed by atoms with Gasteiger partial charge in [-0.2, -0.15) is 0 Å². The van der Waals surface area contributed by atoms with Crippen molar-refractivity contribution in [1.82, 2.24) is 14.7 Å². The van der Waals surface area contributed by atoms with E-state index in [0.29, 0.717) is 5.88 Å². The van der Waals surface area contributed by atoms with Gasteiger partial charge < -0.3 is 12.4 Å². The molecule has 4 fully saturated rings. The number of rotatable bonds is 3. The largest absolute Gasteiger partial charge is 1.00 e. The van der Waals surface area contributed by atoms with E-state index in [2.05, 4.69) is 39.0 Å². The molecule has 0 aliphatic carbocycles. The Labute approximate surface area is 131 Å². The third-order valence-corrected chi connectivity index (χ3v) is 4.76. The van der Waals surface area contributed by atoms with E-state index in [9.17, 15) is 0 Å². The third kappa shape index (κ3) is 2.45. The summed E-state index contributed by atoms with van der Waals surface area (Å²) in [5, 5.41) is 0. The molecule has 5 rings (SSSR count). The van der Waals surface area contributed by atoms with E-state index in [1.54, 1.807) is 0 Å². The highest BCUT2D eigenvalue weighted by molar-refractivity contribution is 6.17. The molecule has 4 aliphatic heterocycles. The first-order chi connectivity index (χ1) is 9.26. The Hall–Kier alpha value is -0.360. The predicted octanol–water partition coefficient (Wildman–Crippen LogP) is -1.56. The number of hydrogen-bond acceptors (Lipinski definition) is 3. The zero-order chi connectivity index (χ0) is 12.9. The highest BCUT2D eigenvalue weighted by atomic mass is 35.5. The first-order valence-corrected chi connectivity index (χ1v) is 7.45. The zero-order valence-electron chi connectivity index (χ0n) is 11.5. The fourth-order valence-electron chi connectivity index (χ4n) is 4.01. The van der Waals surface area contributed by atoms with Crippen LogP contribution < -0.4 is 12.4 Å². The highest BCUT2D eigenvalue weighted by Crippen LogP contribution is 2.31. The average molecular weight is 315 g/mol. The topological polar surface area (TPSA) is 9.72 Å². The first-order valence-electron chi connectivity index (χ1n) is 6.91. The number of benzene rings is 1. The van der Waals surface area contributed by atoms with Gasteiger partial charge in [0, 0.05) is 11.4 Å². The summed E-state index contributed by atoms with van der Waals surface area (Å²) >= 11 is 6.08. The van der Waals surface area contributed by atoms with E-state index in [4.69, 9.17) is 11.6 Å². The Morgan fingerprint density at radius 1 is 0.900 bits per heavy atom. The molecule has 20 heavy (non-hydrogen) atoms. The van der Waals surface area contributed by atoms with Gasteiger partial charge in [0.05, 0.1) is 20.0 Å². The van der Waals surface area contributed by atoms with Crippen molar-refractivity contribution < 1.29 is 16.9 Å². The molecular formula is C14H20Cl2N4. The molecule has 4 aliphatic rings. The van der Waals surface area contributed by atoms with Gasteiger partial charge in [-0.15, -0.1) is 11.6 Å². The molecule has 4 saturated heterocycles. The molecule has 0 aromatic heterocycles. The van der Waals surface area contributed by atoms with Crippen LogP contribution in [0.25, 0.3) is 0 Å². The molecule has 1 aromatic rings. The van der Waals surface area contributed by atoms with E-state index in [-0.39, 0.29) is 12.4 Å². The Kier molecular flexibility index (Phi) is 3.97. The molecule has 1 aromatic carbocycles. The lowest BCUT2D eigenvalue weighted by Gasteiger charge is -2.60. The van der Waals surface area contributed by atoms with Gasteiger partial charge >= 0.3 is 0 Å². The summed E-state index contributed by atoms with van der Waals surface area (Å²) in [7, 11) is 0. The maximum atomic E-state index is 6.08. The number of nitrogens with zero attached hydrogens (tertiary/aromatic N) is 4. The van der Waals surface area contributed by atoms with Crippen LogP contribution in [0.1, 0.15) is 11.1 Å². The summed E-state index contributed by atoms with van der Waals surface area (Å²) in [6.45, 7) is 8.10. The molecule has 0 unspecified atom stereocenters. The van der Waals surface area contributed by atoms with Crippen LogP contribution in [0.3, 0.4) is 0 Å². The molecule has 0 saturated carbocycles. The van der Waals surface area contributed by atoms with Gasteiger partial charge in [-0.1, -0.05) is 24.3 Å². The van der Waals surface area contributed by atoms with Gasteiger partial charge in [0.2, 0.25) is 0 Å². The number of quaternary nitrogens is 1. The summed E-state index contributed by atoms with van der Waals surface area (Å²) in [6, 6.07) is 8.63. The van der Waals surface area contributed by atoms with Crippen LogP contribution in [0.2, 0.25) is 0 Å². The van der Waals surface area contributed by atoms with Crippen molar-refractivity contribution in [1.29, 1.82) is 0 Å². The van der Waals surface area contributed by atoms with Crippen molar-refractivity contribution in [3.05, 3.63) is 35.4 Å². The van der Waals surface area contributed by atoms with Crippen LogP contribution in [0, 0.1) is 0 Å². The molecule has 0 radical (unpaired) electrons. The Morgan fingerprint density at radius 3 is 1.90 bits per heavy atom. The van der Waals surface area contributed by atoms with E-state index < -0.39 is 0 Å². The molecule has 4 nitrogen and oxygen atoms in total. The number of halogens is 2. The Morgan fingerprint density at radius 2 is 1.40 bits per heavy atom. The SMILES string of the molecule is ClCc1ccccc1C[N+]12CN3CN(CN(C3)C1)C2.[Cl-]. The van der Waals surface area contributed by atoms with Crippen LogP contribution >= 0.6 is 11.6 Å². The number of alkyl halides is 1. The normalized spacial score (nSPS) is 37.8. The lowest BCUT2D eigenvalue weighted by atomic mass is 10.1. The third-order valence-electron chi connectivity index (χ3n) is 4.47. The van der Waals surface area contributed by atoms with Crippen LogP contribution in [0.4, 0.5) is 0 Å². The van der Waals surface area contributed by atoms with E-state index in [1.165, 1.54) is 31.1 Å². The van der Waals surface area contributed by atoms with Gasteiger partial charge in [0.1, 0.15) is 26.6 Å². The number of hydrogen-bond donors (Lipinski definition) is 0. The molecule has 0 atom stereocenters. The second kappa shape index (κ2) is 5.44. The van der Waals surface area contributed by atoms with Crippen molar-refractivity contribution in [3.63, 3.8) is 0 Å². The summed E-state index contributed by atoms with van der Waals surface area (Å²) in [5.74, 6) is 0.618. The van der Waals surface area contributed by atoms with Crippen LogP contribution in [-0.2, 0) is 12.4 Å². The van der Waals surface area contributed by atoms with Crippen molar-refractivity contribution in [2.45, 2.75) is 12.4 Å². The molecule has 0 N–H and O–H groups in total. The second-order valence-electron chi connectivity index (χ2n) is 6.26. The van der Waals surface area contributed by atoms with E-state index in [1.807, 2.05) is 0 Å². The lowest BCUT2D eigenvalue weighted by Crippen LogP contribution is -3.00. The minimum atomic E-state index is 0.